The third-order valence-electron chi connectivity index (χ3n) is 7.59. The van der Waals surface area contributed by atoms with Gasteiger partial charge in [-0.1, -0.05) is 48.5 Å². The van der Waals surface area contributed by atoms with E-state index in [2.05, 4.69) is 98.2 Å². The smallest absolute Gasteiger partial charge is 0.137 e. The van der Waals surface area contributed by atoms with Gasteiger partial charge in [0.05, 0.1) is 11.4 Å². The molecule has 0 aliphatic carbocycles. The number of nitrogens with zero attached hydrogens (tertiary/aromatic N) is 4. The summed E-state index contributed by atoms with van der Waals surface area (Å²) in [5, 5.41) is 0. The average molecular weight is 563 g/mol. The van der Waals surface area contributed by atoms with Crippen LogP contribution in [0.2, 0.25) is 0 Å². The van der Waals surface area contributed by atoms with Gasteiger partial charge < -0.3 is 4.74 Å². The van der Waals surface area contributed by atoms with Crippen molar-refractivity contribution in [3.8, 4) is 11.5 Å². The highest BCUT2D eigenvalue weighted by molar-refractivity contribution is 5.77. The van der Waals surface area contributed by atoms with Crippen LogP contribution in [0.15, 0.2) is 134 Å². The zero-order valence-corrected chi connectivity index (χ0v) is 24.9. The van der Waals surface area contributed by atoms with Crippen LogP contribution in [0, 0.1) is 27.7 Å². The summed E-state index contributed by atoms with van der Waals surface area (Å²) in [7, 11) is 0. The van der Waals surface area contributed by atoms with Gasteiger partial charge in [0.1, 0.15) is 23.1 Å². The minimum atomic E-state index is 0.731. The van der Waals surface area contributed by atoms with Crippen LogP contribution < -0.4 is 14.5 Å². The number of pyridine rings is 2. The monoisotopic (exact) mass is 562 g/mol. The Morgan fingerprint density at radius 3 is 1.21 bits per heavy atom. The van der Waals surface area contributed by atoms with Crippen LogP contribution in [0.25, 0.3) is 0 Å². The first-order chi connectivity index (χ1) is 21.0. The van der Waals surface area contributed by atoms with Gasteiger partial charge in [0.15, 0.2) is 0 Å². The van der Waals surface area contributed by atoms with Crippen LogP contribution in [0.3, 0.4) is 0 Å². The third-order valence-corrected chi connectivity index (χ3v) is 7.59. The predicted molar refractivity (Wildman–Crippen MR) is 177 cm³/mol. The molecule has 0 amide bonds. The van der Waals surface area contributed by atoms with E-state index in [1.807, 2.05) is 73.1 Å². The maximum Gasteiger partial charge on any atom is 0.137 e. The van der Waals surface area contributed by atoms with Gasteiger partial charge >= 0.3 is 0 Å². The average Bonchev–Trinajstić information content (AvgIpc) is 3.02. The van der Waals surface area contributed by atoms with Crippen LogP contribution in [0.5, 0.6) is 11.5 Å². The molecule has 0 aliphatic heterocycles. The minimum absolute atomic E-state index is 0.731. The van der Waals surface area contributed by atoms with Crippen LogP contribution in [0.4, 0.5) is 34.4 Å². The van der Waals surface area contributed by atoms with Crippen molar-refractivity contribution in [1.29, 1.82) is 0 Å². The number of ether oxygens (including phenoxy) is 1. The van der Waals surface area contributed by atoms with E-state index >= 15 is 0 Å². The number of aromatic nitrogens is 2. The lowest BCUT2D eigenvalue weighted by atomic mass is 10.1. The van der Waals surface area contributed by atoms with Gasteiger partial charge in [-0.05, 0) is 111 Å². The number of para-hydroxylation sites is 2. The molecule has 5 heteroatoms. The maximum atomic E-state index is 6.50. The summed E-state index contributed by atoms with van der Waals surface area (Å²) in [4.78, 5) is 13.9. The number of hydrogen-bond donors (Lipinski definition) is 0. The van der Waals surface area contributed by atoms with Crippen molar-refractivity contribution < 1.29 is 4.74 Å². The molecule has 212 valence electrons. The number of anilines is 6. The molecule has 0 saturated carbocycles. The van der Waals surface area contributed by atoms with Crippen LogP contribution in [0.1, 0.15) is 22.3 Å². The highest BCUT2D eigenvalue weighted by Gasteiger charge is 2.17. The van der Waals surface area contributed by atoms with E-state index < -0.39 is 0 Å². The lowest BCUT2D eigenvalue weighted by Crippen LogP contribution is -2.12. The molecule has 6 rings (SSSR count). The topological polar surface area (TPSA) is 41.5 Å². The zero-order chi connectivity index (χ0) is 29.8. The SMILES string of the molecule is Cc1cnc(N(c2ccccc2)c2cccc(Oc3cccc(N(c4ccccc4)c4cc(C)c(C)cn4)c3)c2)cc1C. The molecule has 0 aliphatic rings. The Morgan fingerprint density at radius 1 is 0.419 bits per heavy atom. The Hall–Kier alpha value is -5.42. The molecule has 0 fully saturated rings. The maximum absolute atomic E-state index is 6.50. The lowest BCUT2D eigenvalue weighted by Gasteiger charge is -2.26. The van der Waals surface area contributed by atoms with E-state index in [0.29, 0.717) is 0 Å². The molecule has 2 aromatic heterocycles. The first-order valence-electron chi connectivity index (χ1n) is 14.4. The van der Waals surface area contributed by atoms with Crippen molar-refractivity contribution >= 4 is 34.4 Å². The summed E-state index contributed by atoms with van der Waals surface area (Å²) in [6, 6.07) is 41.1. The molecular weight excluding hydrogens is 528 g/mol. The molecule has 2 heterocycles. The Labute approximate surface area is 253 Å². The van der Waals surface area contributed by atoms with Crippen molar-refractivity contribution in [2.24, 2.45) is 0 Å². The lowest BCUT2D eigenvalue weighted by molar-refractivity contribution is 0.483. The van der Waals surface area contributed by atoms with E-state index in [4.69, 9.17) is 14.7 Å². The minimum Gasteiger partial charge on any atom is -0.457 e. The van der Waals surface area contributed by atoms with Crippen molar-refractivity contribution in [2.45, 2.75) is 27.7 Å². The summed E-state index contributed by atoms with van der Waals surface area (Å²) in [5.74, 6) is 3.17. The fourth-order valence-electron chi connectivity index (χ4n) is 4.95. The van der Waals surface area contributed by atoms with Crippen molar-refractivity contribution in [3.05, 3.63) is 156 Å². The summed E-state index contributed by atoms with van der Waals surface area (Å²) < 4.78 is 6.50. The fourth-order valence-corrected chi connectivity index (χ4v) is 4.95. The largest absolute Gasteiger partial charge is 0.457 e. The summed E-state index contributed by atoms with van der Waals surface area (Å²) >= 11 is 0. The molecule has 0 radical (unpaired) electrons. The number of rotatable bonds is 8. The molecule has 0 atom stereocenters. The van der Waals surface area contributed by atoms with E-state index in [1.165, 1.54) is 11.1 Å². The molecule has 0 saturated heterocycles. The first kappa shape index (κ1) is 27.7. The van der Waals surface area contributed by atoms with Gasteiger partial charge in [-0.2, -0.15) is 0 Å². The van der Waals surface area contributed by atoms with Crippen LogP contribution >= 0.6 is 0 Å². The van der Waals surface area contributed by atoms with E-state index in [9.17, 15) is 0 Å². The summed E-state index contributed by atoms with van der Waals surface area (Å²) in [6.07, 6.45) is 3.85. The molecular formula is C38H34N4O. The third kappa shape index (κ3) is 6.11. The molecule has 4 aromatic carbocycles. The van der Waals surface area contributed by atoms with Crippen molar-refractivity contribution in [2.75, 3.05) is 9.80 Å². The molecule has 0 bridgehead atoms. The predicted octanol–water partition coefficient (Wildman–Crippen LogP) is 10.4. The van der Waals surface area contributed by atoms with Gasteiger partial charge in [0.2, 0.25) is 0 Å². The van der Waals surface area contributed by atoms with Gasteiger partial charge in [-0.15, -0.1) is 0 Å². The van der Waals surface area contributed by atoms with E-state index in [-0.39, 0.29) is 0 Å². The van der Waals surface area contributed by atoms with E-state index in [1.54, 1.807) is 0 Å². The number of aryl methyl sites for hydroxylation is 4. The molecule has 0 N–H and O–H groups in total. The van der Waals surface area contributed by atoms with Crippen molar-refractivity contribution in [1.82, 2.24) is 9.97 Å². The molecule has 0 unspecified atom stereocenters. The van der Waals surface area contributed by atoms with E-state index in [0.717, 1.165) is 57.0 Å². The molecule has 5 nitrogen and oxygen atoms in total. The molecule has 43 heavy (non-hydrogen) atoms. The summed E-state index contributed by atoms with van der Waals surface area (Å²) in [6.45, 7) is 8.39. The second kappa shape index (κ2) is 12.2. The van der Waals surface area contributed by atoms with Crippen molar-refractivity contribution in [3.63, 3.8) is 0 Å². The standard InChI is InChI=1S/C38H34N4O/c1-27-21-37(39-25-29(27)3)41(31-13-7-5-8-14-31)33-17-11-19-35(23-33)43-36-20-12-18-34(24-36)42(32-15-9-6-10-16-32)38-22-28(2)30(4)26-40-38/h5-26H,1-4H3. The normalized spacial score (nSPS) is 10.8. The van der Waals surface area contributed by atoms with Gasteiger partial charge in [-0.25, -0.2) is 9.97 Å². The highest BCUT2D eigenvalue weighted by Crippen LogP contribution is 2.38. The second-order valence-electron chi connectivity index (χ2n) is 10.7. The first-order valence-corrected chi connectivity index (χ1v) is 14.4. The Balaban J connectivity index is 1.36. The Morgan fingerprint density at radius 2 is 0.814 bits per heavy atom. The van der Waals surface area contributed by atoms with Gasteiger partial charge in [0, 0.05) is 35.9 Å². The van der Waals surface area contributed by atoms with Gasteiger partial charge in [-0.3, -0.25) is 9.80 Å². The van der Waals surface area contributed by atoms with Gasteiger partial charge in [0.25, 0.3) is 0 Å². The zero-order valence-electron chi connectivity index (χ0n) is 24.9. The molecule has 0 spiro atoms. The van der Waals surface area contributed by atoms with Crippen LogP contribution in [-0.4, -0.2) is 9.97 Å². The molecule has 6 aromatic rings. The fraction of sp³-hybridized carbons (Fsp3) is 0.105. The Kier molecular flexibility index (Phi) is 7.88. The summed E-state index contributed by atoms with van der Waals surface area (Å²) in [5.41, 5.74) is 8.67. The second-order valence-corrected chi connectivity index (χ2v) is 10.7. The number of benzene rings is 4. The highest BCUT2D eigenvalue weighted by atomic mass is 16.5. The Bertz CT molecular complexity index is 1720. The quantitative estimate of drug-likeness (QED) is 0.185. The number of hydrogen-bond acceptors (Lipinski definition) is 5. The van der Waals surface area contributed by atoms with Crippen LogP contribution in [-0.2, 0) is 0 Å².